The van der Waals surface area contributed by atoms with Crippen LogP contribution in [-0.4, -0.2) is 45.1 Å². The average Bonchev–Trinajstić information content (AvgIpc) is 2.95. The number of fused-ring (bicyclic) bond motifs is 1. The average molecular weight is 354 g/mol. The van der Waals surface area contributed by atoms with E-state index in [4.69, 9.17) is 4.74 Å². The van der Waals surface area contributed by atoms with Crippen molar-refractivity contribution in [2.24, 2.45) is 11.8 Å². The summed E-state index contributed by atoms with van der Waals surface area (Å²) in [6.07, 6.45) is 9.30. The van der Waals surface area contributed by atoms with Crippen LogP contribution in [-0.2, 0) is 17.8 Å². The number of rotatable bonds is 5. The van der Waals surface area contributed by atoms with Crippen molar-refractivity contribution < 1.29 is 9.53 Å². The van der Waals surface area contributed by atoms with Gasteiger partial charge in [0.15, 0.2) is 0 Å². The van der Waals surface area contributed by atoms with Gasteiger partial charge in [-0.3, -0.25) is 9.78 Å². The molecule has 2 aromatic heterocycles. The van der Waals surface area contributed by atoms with Crippen LogP contribution in [0.25, 0.3) is 0 Å². The Labute approximate surface area is 154 Å². The van der Waals surface area contributed by atoms with Crippen molar-refractivity contribution in [2.75, 3.05) is 19.8 Å². The molecule has 0 N–H and O–H groups in total. The molecule has 138 valence electrons. The highest BCUT2D eigenvalue weighted by atomic mass is 16.5. The van der Waals surface area contributed by atoms with Gasteiger partial charge in [0.05, 0.1) is 30.7 Å². The number of hydrogen-bond donors (Lipinski definition) is 0. The molecule has 2 aromatic rings. The highest BCUT2D eigenvalue weighted by molar-refractivity contribution is 5.93. The molecule has 1 saturated carbocycles. The van der Waals surface area contributed by atoms with Crippen LogP contribution in [0.2, 0.25) is 0 Å². The molecule has 0 saturated heterocycles. The zero-order valence-corrected chi connectivity index (χ0v) is 15.3. The van der Waals surface area contributed by atoms with Crippen molar-refractivity contribution in [1.82, 2.24) is 19.4 Å². The van der Waals surface area contributed by atoms with E-state index >= 15 is 0 Å². The standard InChI is InChI=1S/C20H26N4O2/c1-15-5-6-18(7-22-15)20(25)23-9-17(13-26-12-16-3-2-4-16)10-24-14-21-8-19(24)11-23/h5-8,14,16-17H,2-4,9-13H2,1H3. The normalized spacial score (nSPS) is 20.3. The third kappa shape index (κ3) is 3.80. The fourth-order valence-corrected chi connectivity index (χ4v) is 3.65. The second kappa shape index (κ2) is 7.58. The fraction of sp³-hybridized carbons (Fsp3) is 0.550. The van der Waals surface area contributed by atoms with Crippen molar-refractivity contribution in [3.8, 4) is 0 Å². The Morgan fingerprint density at radius 1 is 1.19 bits per heavy atom. The zero-order valence-electron chi connectivity index (χ0n) is 15.3. The Morgan fingerprint density at radius 2 is 2.04 bits per heavy atom. The molecule has 4 rings (SSSR count). The number of carbonyl (C=O) groups is 1. The number of imidazole rings is 1. The molecule has 6 heteroatoms. The van der Waals surface area contributed by atoms with Crippen LogP contribution in [0.15, 0.2) is 30.9 Å². The SMILES string of the molecule is Cc1ccc(C(=O)N2Cc3cncn3CC(COCC3CCC3)C2)cn1. The van der Waals surface area contributed by atoms with Gasteiger partial charge in [0.2, 0.25) is 0 Å². The molecule has 1 atom stereocenters. The van der Waals surface area contributed by atoms with Gasteiger partial charge >= 0.3 is 0 Å². The number of aromatic nitrogens is 3. The summed E-state index contributed by atoms with van der Waals surface area (Å²) in [7, 11) is 0. The first-order valence-electron chi connectivity index (χ1n) is 9.47. The predicted molar refractivity (Wildman–Crippen MR) is 97.6 cm³/mol. The number of ether oxygens (including phenoxy) is 1. The molecule has 2 aliphatic rings. The number of carbonyl (C=O) groups excluding carboxylic acids is 1. The molecular weight excluding hydrogens is 328 g/mol. The van der Waals surface area contributed by atoms with Crippen molar-refractivity contribution in [3.63, 3.8) is 0 Å². The summed E-state index contributed by atoms with van der Waals surface area (Å²) in [5, 5.41) is 0. The topological polar surface area (TPSA) is 60.2 Å². The van der Waals surface area contributed by atoms with E-state index in [9.17, 15) is 4.79 Å². The van der Waals surface area contributed by atoms with Crippen LogP contribution >= 0.6 is 0 Å². The van der Waals surface area contributed by atoms with Crippen LogP contribution in [0.3, 0.4) is 0 Å². The lowest BCUT2D eigenvalue weighted by molar-refractivity contribution is 0.0346. The second-order valence-corrected chi connectivity index (χ2v) is 7.61. The fourth-order valence-electron chi connectivity index (χ4n) is 3.65. The van der Waals surface area contributed by atoms with Crippen LogP contribution in [0, 0.1) is 18.8 Å². The quantitative estimate of drug-likeness (QED) is 0.828. The van der Waals surface area contributed by atoms with E-state index in [-0.39, 0.29) is 11.8 Å². The van der Waals surface area contributed by atoms with Gasteiger partial charge < -0.3 is 14.2 Å². The summed E-state index contributed by atoms with van der Waals surface area (Å²) in [6, 6.07) is 3.74. The molecule has 1 unspecified atom stereocenters. The van der Waals surface area contributed by atoms with Crippen molar-refractivity contribution >= 4 is 5.91 Å². The molecule has 3 heterocycles. The molecule has 0 radical (unpaired) electrons. The van der Waals surface area contributed by atoms with Gasteiger partial charge in [-0.05, 0) is 37.8 Å². The minimum atomic E-state index is 0.0242. The summed E-state index contributed by atoms with van der Waals surface area (Å²) in [5.41, 5.74) is 2.62. The lowest BCUT2D eigenvalue weighted by atomic mass is 9.86. The highest BCUT2D eigenvalue weighted by Crippen LogP contribution is 2.27. The maximum Gasteiger partial charge on any atom is 0.255 e. The first-order chi connectivity index (χ1) is 12.7. The molecule has 1 amide bonds. The predicted octanol–water partition coefficient (Wildman–Crippen LogP) is 2.68. The smallest absolute Gasteiger partial charge is 0.255 e. The monoisotopic (exact) mass is 354 g/mol. The van der Waals surface area contributed by atoms with Crippen LogP contribution in [0.5, 0.6) is 0 Å². The maximum absolute atomic E-state index is 13.0. The summed E-state index contributed by atoms with van der Waals surface area (Å²) in [4.78, 5) is 23.4. The third-order valence-corrected chi connectivity index (χ3v) is 5.46. The largest absolute Gasteiger partial charge is 0.381 e. The van der Waals surface area contributed by atoms with Gasteiger partial charge in [0.1, 0.15) is 0 Å². The van der Waals surface area contributed by atoms with Crippen molar-refractivity contribution in [3.05, 3.63) is 47.8 Å². The minimum Gasteiger partial charge on any atom is -0.381 e. The van der Waals surface area contributed by atoms with E-state index in [1.807, 2.05) is 36.5 Å². The highest BCUT2D eigenvalue weighted by Gasteiger charge is 2.27. The van der Waals surface area contributed by atoms with Gasteiger partial charge in [-0.25, -0.2) is 4.98 Å². The lowest BCUT2D eigenvalue weighted by Gasteiger charge is -2.27. The van der Waals surface area contributed by atoms with E-state index in [0.29, 0.717) is 25.3 Å². The Kier molecular flexibility index (Phi) is 5.02. The Balaban J connectivity index is 1.46. The molecule has 26 heavy (non-hydrogen) atoms. The Hall–Kier alpha value is -2.21. The summed E-state index contributed by atoms with van der Waals surface area (Å²) >= 11 is 0. The second-order valence-electron chi connectivity index (χ2n) is 7.61. The van der Waals surface area contributed by atoms with E-state index in [2.05, 4.69) is 14.5 Å². The Morgan fingerprint density at radius 3 is 2.77 bits per heavy atom. The lowest BCUT2D eigenvalue weighted by Crippen LogP contribution is -2.35. The van der Waals surface area contributed by atoms with Crippen molar-refractivity contribution in [1.29, 1.82) is 0 Å². The van der Waals surface area contributed by atoms with Gasteiger partial charge in [0, 0.05) is 43.7 Å². The van der Waals surface area contributed by atoms with Crippen LogP contribution in [0.1, 0.15) is 41.0 Å². The summed E-state index contributed by atoms with van der Waals surface area (Å²) in [5.74, 6) is 1.03. The molecular formula is C20H26N4O2. The third-order valence-electron chi connectivity index (χ3n) is 5.46. The van der Waals surface area contributed by atoms with Gasteiger partial charge in [-0.1, -0.05) is 6.42 Å². The molecule has 0 aromatic carbocycles. The van der Waals surface area contributed by atoms with Crippen molar-refractivity contribution in [2.45, 2.75) is 39.3 Å². The molecule has 0 spiro atoms. The van der Waals surface area contributed by atoms with Gasteiger partial charge in [-0.15, -0.1) is 0 Å². The number of nitrogens with zero attached hydrogens (tertiary/aromatic N) is 4. The van der Waals surface area contributed by atoms with Gasteiger partial charge in [-0.2, -0.15) is 0 Å². The molecule has 6 nitrogen and oxygen atoms in total. The van der Waals surface area contributed by atoms with E-state index in [0.717, 1.165) is 30.5 Å². The van der Waals surface area contributed by atoms with E-state index in [1.54, 1.807) is 6.20 Å². The molecule has 0 bridgehead atoms. The first kappa shape index (κ1) is 17.2. The van der Waals surface area contributed by atoms with E-state index in [1.165, 1.54) is 19.3 Å². The number of amides is 1. The zero-order chi connectivity index (χ0) is 17.9. The number of aryl methyl sites for hydroxylation is 1. The molecule has 1 aliphatic carbocycles. The molecule has 1 fully saturated rings. The van der Waals surface area contributed by atoms with Gasteiger partial charge in [0.25, 0.3) is 5.91 Å². The Bertz CT molecular complexity index is 751. The summed E-state index contributed by atoms with van der Waals surface area (Å²) < 4.78 is 8.14. The first-order valence-corrected chi connectivity index (χ1v) is 9.47. The number of pyridine rings is 1. The van der Waals surface area contributed by atoms with E-state index < -0.39 is 0 Å². The number of hydrogen-bond acceptors (Lipinski definition) is 4. The maximum atomic E-state index is 13.0. The van der Waals surface area contributed by atoms with Crippen LogP contribution < -0.4 is 0 Å². The minimum absolute atomic E-state index is 0.0242. The summed E-state index contributed by atoms with van der Waals surface area (Å²) in [6.45, 7) is 5.57. The molecule has 1 aliphatic heterocycles. The van der Waals surface area contributed by atoms with Crippen LogP contribution in [0.4, 0.5) is 0 Å².